The van der Waals surface area contributed by atoms with Gasteiger partial charge in [0.2, 0.25) is 5.91 Å². The fraction of sp³-hybridized carbons (Fsp3) is 0.438. The Morgan fingerprint density at radius 2 is 1.82 bits per heavy atom. The Labute approximate surface area is 129 Å². The summed E-state index contributed by atoms with van der Waals surface area (Å²) in [6.07, 6.45) is 2.55. The third-order valence-electron chi connectivity index (χ3n) is 3.41. The van der Waals surface area contributed by atoms with E-state index in [1.807, 2.05) is 6.92 Å². The maximum absolute atomic E-state index is 11.9. The molecule has 3 N–H and O–H groups in total. The number of carbonyl (C=O) groups excluding carboxylic acids is 1. The minimum atomic E-state index is -1.12. The Morgan fingerprint density at radius 3 is 2.41 bits per heavy atom. The number of unbranched alkanes of at least 4 members (excludes halogenated alkanes) is 1. The number of aromatic carboxylic acids is 1. The second-order valence-electron chi connectivity index (χ2n) is 5.11. The van der Waals surface area contributed by atoms with Crippen molar-refractivity contribution in [2.45, 2.75) is 39.0 Å². The molecule has 22 heavy (non-hydrogen) atoms. The average Bonchev–Trinajstić information content (AvgIpc) is 2.47. The van der Waals surface area contributed by atoms with Crippen LogP contribution in [0.5, 0.6) is 0 Å². The van der Waals surface area contributed by atoms with Gasteiger partial charge in [-0.15, -0.1) is 0 Å². The number of hydrogen-bond acceptors (Lipinski definition) is 3. The van der Waals surface area contributed by atoms with Crippen molar-refractivity contribution < 1.29 is 24.6 Å². The lowest BCUT2D eigenvalue weighted by atomic mass is 9.97. The normalized spacial score (nSPS) is 11.7. The molecule has 0 aliphatic rings. The average molecular weight is 307 g/mol. The van der Waals surface area contributed by atoms with Crippen molar-refractivity contribution in [2.75, 3.05) is 5.32 Å². The molecule has 6 nitrogen and oxygen atoms in total. The van der Waals surface area contributed by atoms with Gasteiger partial charge in [-0.05, 0) is 25.0 Å². The number of amides is 1. The molecule has 1 aromatic rings. The first-order valence-electron chi connectivity index (χ1n) is 7.30. The van der Waals surface area contributed by atoms with Gasteiger partial charge >= 0.3 is 11.9 Å². The summed E-state index contributed by atoms with van der Waals surface area (Å²) in [4.78, 5) is 34.0. The quantitative estimate of drug-likeness (QED) is 0.650. The van der Waals surface area contributed by atoms with E-state index in [-0.39, 0.29) is 30.0 Å². The zero-order valence-electron chi connectivity index (χ0n) is 12.5. The first-order valence-corrected chi connectivity index (χ1v) is 7.30. The Bertz CT molecular complexity index is 541. The second-order valence-corrected chi connectivity index (χ2v) is 5.11. The number of aliphatic carboxylic acids is 1. The summed E-state index contributed by atoms with van der Waals surface area (Å²) in [7, 11) is 0. The number of nitrogens with one attached hydrogen (secondary N) is 1. The van der Waals surface area contributed by atoms with Gasteiger partial charge in [-0.25, -0.2) is 4.79 Å². The molecule has 1 atom stereocenters. The van der Waals surface area contributed by atoms with Gasteiger partial charge in [-0.2, -0.15) is 0 Å². The van der Waals surface area contributed by atoms with Crippen LogP contribution in [-0.2, 0) is 9.59 Å². The highest BCUT2D eigenvalue weighted by Gasteiger charge is 2.19. The van der Waals surface area contributed by atoms with E-state index in [4.69, 9.17) is 10.2 Å². The topological polar surface area (TPSA) is 104 Å². The molecule has 0 aliphatic carbocycles. The number of carbonyl (C=O) groups is 3. The Hall–Kier alpha value is -2.37. The minimum Gasteiger partial charge on any atom is -0.481 e. The molecule has 0 fully saturated rings. The largest absolute Gasteiger partial charge is 0.481 e. The number of hydrogen-bond donors (Lipinski definition) is 3. The molecule has 0 aromatic heterocycles. The lowest BCUT2D eigenvalue weighted by Gasteiger charge is -2.12. The number of benzene rings is 1. The highest BCUT2D eigenvalue weighted by molar-refractivity contribution is 6.00. The van der Waals surface area contributed by atoms with Crippen LogP contribution in [-0.4, -0.2) is 28.1 Å². The lowest BCUT2D eigenvalue weighted by Crippen LogP contribution is -2.19. The maximum atomic E-state index is 11.9. The summed E-state index contributed by atoms with van der Waals surface area (Å²) >= 11 is 0. The van der Waals surface area contributed by atoms with Gasteiger partial charge in [-0.1, -0.05) is 31.9 Å². The molecule has 0 saturated carbocycles. The van der Waals surface area contributed by atoms with E-state index < -0.39 is 17.9 Å². The molecule has 0 bridgehead atoms. The Morgan fingerprint density at radius 1 is 1.14 bits per heavy atom. The summed E-state index contributed by atoms with van der Waals surface area (Å²) in [5, 5.41) is 20.7. The van der Waals surface area contributed by atoms with Crippen molar-refractivity contribution >= 4 is 23.5 Å². The zero-order valence-corrected chi connectivity index (χ0v) is 12.5. The molecule has 6 heteroatoms. The molecule has 0 spiro atoms. The summed E-state index contributed by atoms with van der Waals surface area (Å²) in [5.41, 5.74) is 0.233. The minimum absolute atomic E-state index is 0.0108. The van der Waals surface area contributed by atoms with Gasteiger partial charge in [0.15, 0.2) is 0 Å². The van der Waals surface area contributed by atoms with Crippen LogP contribution < -0.4 is 5.32 Å². The van der Waals surface area contributed by atoms with Crippen molar-refractivity contribution in [1.29, 1.82) is 0 Å². The SMILES string of the molecule is CCCC[C@H](CCC(=O)Nc1ccccc1C(=O)O)C(=O)O. The lowest BCUT2D eigenvalue weighted by molar-refractivity contribution is -0.142. The van der Waals surface area contributed by atoms with Crippen LogP contribution in [0.15, 0.2) is 24.3 Å². The van der Waals surface area contributed by atoms with Gasteiger partial charge in [0.1, 0.15) is 0 Å². The summed E-state index contributed by atoms with van der Waals surface area (Å²) in [5.74, 6) is -2.94. The highest BCUT2D eigenvalue weighted by Crippen LogP contribution is 2.18. The summed E-state index contributed by atoms with van der Waals surface area (Å²) in [6, 6.07) is 6.11. The summed E-state index contributed by atoms with van der Waals surface area (Å²) < 4.78 is 0. The first kappa shape index (κ1) is 17.7. The van der Waals surface area contributed by atoms with Gasteiger partial charge in [-0.3, -0.25) is 9.59 Å². The third kappa shape index (κ3) is 5.55. The molecule has 0 heterocycles. The fourth-order valence-corrected chi connectivity index (χ4v) is 2.14. The van der Waals surface area contributed by atoms with Crippen molar-refractivity contribution in [1.82, 2.24) is 0 Å². The van der Waals surface area contributed by atoms with E-state index in [0.29, 0.717) is 6.42 Å². The van der Waals surface area contributed by atoms with E-state index in [1.54, 1.807) is 12.1 Å². The first-order chi connectivity index (χ1) is 10.5. The molecule has 0 unspecified atom stereocenters. The third-order valence-corrected chi connectivity index (χ3v) is 3.41. The van der Waals surface area contributed by atoms with Crippen molar-refractivity contribution in [2.24, 2.45) is 5.92 Å². The van der Waals surface area contributed by atoms with Crippen LogP contribution in [0.1, 0.15) is 49.4 Å². The Kier molecular flexibility index (Phi) is 7.08. The number of para-hydroxylation sites is 1. The van der Waals surface area contributed by atoms with Crippen LogP contribution >= 0.6 is 0 Å². The fourth-order valence-electron chi connectivity index (χ4n) is 2.14. The molecule has 120 valence electrons. The van der Waals surface area contributed by atoms with Gasteiger partial charge in [0.05, 0.1) is 17.2 Å². The number of anilines is 1. The van der Waals surface area contributed by atoms with Crippen molar-refractivity contribution in [3.8, 4) is 0 Å². The van der Waals surface area contributed by atoms with Gasteiger partial charge < -0.3 is 15.5 Å². The predicted octanol–water partition coefficient (Wildman–Crippen LogP) is 2.99. The van der Waals surface area contributed by atoms with Crippen LogP contribution in [0.2, 0.25) is 0 Å². The molecule has 1 aromatic carbocycles. The predicted molar refractivity (Wildman–Crippen MR) is 81.9 cm³/mol. The van der Waals surface area contributed by atoms with Gasteiger partial charge in [0.25, 0.3) is 0 Å². The van der Waals surface area contributed by atoms with Crippen LogP contribution in [0.25, 0.3) is 0 Å². The number of carboxylic acid groups (broad SMARTS) is 2. The van der Waals surface area contributed by atoms with Crippen molar-refractivity contribution in [3.63, 3.8) is 0 Å². The van der Waals surface area contributed by atoms with Crippen molar-refractivity contribution in [3.05, 3.63) is 29.8 Å². The summed E-state index contributed by atoms with van der Waals surface area (Å²) in [6.45, 7) is 1.98. The monoisotopic (exact) mass is 307 g/mol. The maximum Gasteiger partial charge on any atom is 0.337 e. The smallest absolute Gasteiger partial charge is 0.337 e. The standard InChI is InChI=1S/C16H21NO5/c1-2-3-6-11(15(19)20)9-10-14(18)17-13-8-5-4-7-12(13)16(21)22/h4-5,7-8,11H,2-3,6,9-10H2,1H3,(H,17,18)(H,19,20)(H,21,22)/t11-/m1/s1. The molecular weight excluding hydrogens is 286 g/mol. The van der Waals surface area contributed by atoms with E-state index in [0.717, 1.165) is 12.8 Å². The molecule has 1 rings (SSSR count). The second kappa shape index (κ2) is 8.81. The van der Waals surface area contributed by atoms with E-state index in [1.165, 1.54) is 12.1 Å². The molecule has 1 amide bonds. The number of carboxylic acids is 2. The van der Waals surface area contributed by atoms with Crippen LogP contribution in [0, 0.1) is 5.92 Å². The highest BCUT2D eigenvalue weighted by atomic mass is 16.4. The van der Waals surface area contributed by atoms with E-state index >= 15 is 0 Å². The van der Waals surface area contributed by atoms with Gasteiger partial charge in [0, 0.05) is 6.42 Å². The van der Waals surface area contributed by atoms with E-state index in [2.05, 4.69) is 5.32 Å². The molecule has 0 saturated heterocycles. The molecule has 0 aliphatic heterocycles. The van der Waals surface area contributed by atoms with Crippen LogP contribution in [0.3, 0.4) is 0 Å². The number of rotatable bonds is 9. The zero-order chi connectivity index (χ0) is 16.5. The Balaban J connectivity index is 2.59. The van der Waals surface area contributed by atoms with E-state index in [9.17, 15) is 14.4 Å². The molecular formula is C16H21NO5. The molecule has 0 radical (unpaired) electrons. The van der Waals surface area contributed by atoms with Crippen LogP contribution in [0.4, 0.5) is 5.69 Å².